The van der Waals surface area contributed by atoms with Gasteiger partial charge in [-0.3, -0.25) is 14.4 Å². The molecule has 3 rings (SSSR count). The maximum absolute atomic E-state index is 14.3. The molecule has 1 aliphatic rings. The third-order valence-corrected chi connectivity index (χ3v) is 4.69. The number of hydrogen-bond acceptors (Lipinski definition) is 6. The lowest BCUT2D eigenvalue weighted by atomic mass is 10.1. The van der Waals surface area contributed by atoms with Gasteiger partial charge in [-0.25, -0.2) is 9.87 Å². The minimum absolute atomic E-state index is 0.103. The molecule has 28 heavy (non-hydrogen) atoms. The lowest BCUT2D eigenvalue weighted by Crippen LogP contribution is -2.34. The number of halogens is 1. The number of amides is 1. The average molecular weight is 391 g/mol. The zero-order chi connectivity index (χ0) is 20.4. The highest BCUT2D eigenvalue weighted by molar-refractivity contribution is 6.09. The molecule has 0 saturated carbocycles. The van der Waals surface area contributed by atoms with Crippen LogP contribution >= 0.6 is 0 Å². The number of hydrogen-bond donors (Lipinski definition) is 4. The number of hydroxylamine groups is 1. The summed E-state index contributed by atoms with van der Waals surface area (Å²) in [6.45, 7) is 0.793. The van der Waals surface area contributed by atoms with E-state index in [0.29, 0.717) is 17.7 Å². The molecule has 2 aromatic rings. The van der Waals surface area contributed by atoms with Crippen LogP contribution in [-0.2, 0) is 18.3 Å². The predicted molar refractivity (Wildman–Crippen MR) is 99.0 cm³/mol. The molecule has 0 atom stereocenters. The van der Waals surface area contributed by atoms with Gasteiger partial charge in [0.2, 0.25) is 0 Å². The van der Waals surface area contributed by atoms with E-state index in [1.54, 1.807) is 26.1 Å². The highest BCUT2D eigenvalue weighted by Crippen LogP contribution is 2.35. The molecule has 1 aliphatic carbocycles. The van der Waals surface area contributed by atoms with E-state index in [-0.39, 0.29) is 29.3 Å². The molecule has 0 unspecified atom stereocenters. The minimum Gasteiger partial charge on any atom is -0.393 e. The van der Waals surface area contributed by atoms with E-state index in [4.69, 9.17) is 15.1 Å². The molecule has 0 aliphatic heterocycles. The topological polar surface area (TPSA) is 113 Å². The van der Waals surface area contributed by atoms with Crippen molar-refractivity contribution in [3.8, 4) is 0 Å². The summed E-state index contributed by atoms with van der Waals surface area (Å²) in [6.07, 6.45) is -0.311. The largest absolute Gasteiger partial charge is 0.393 e. The van der Waals surface area contributed by atoms with E-state index < -0.39 is 31.0 Å². The van der Waals surface area contributed by atoms with Crippen molar-refractivity contribution in [2.75, 3.05) is 18.5 Å². The minimum atomic E-state index is -0.978. The van der Waals surface area contributed by atoms with E-state index in [1.807, 2.05) is 0 Å². The van der Waals surface area contributed by atoms with E-state index in [9.17, 15) is 14.0 Å². The molecule has 0 saturated heterocycles. The molecule has 0 fully saturated rings. The van der Waals surface area contributed by atoms with Crippen molar-refractivity contribution >= 4 is 23.2 Å². The number of Topliss-reactive ketones (excluding diaryl/α,β-unsaturated/α-hetero) is 1. The summed E-state index contributed by atoms with van der Waals surface area (Å²) in [5.41, 5.74) is 4.21. The Bertz CT molecular complexity index is 921. The molecule has 0 bridgehead atoms. The molecular weight excluding hydrogens is 369 g/mol. The number of rotatable bonds is 7. The van der Waals surface area contributed by atoms with Gasteiger partial charge in [-0.05, 0) is 36.6 Å². The zero-order valence-electron chi connectivity index (χ0n) is 15.6. The van der Waals surface area contributed by atoms with Crippen molar-refractivity contribution in [1.82, 2.24) is 10.0 Å². The summed E-state index contributed by atoms with van der Waals surface area (Å²) in [5, 5.41) is 21.0. The monoisotopic (exact) mass is 391 g/mol. The van der Waals surface area contributed by atoms with Gasteiger partial charge in [0.25, 0.3) is 5.91 Å². The van der Waals surface area contributed by atoms with E-state index in [2.05, 4.69) is 10.8 Å². The number of nitrogens with zero attached hydrogens (tertiary/aromatic N) is 1. The van der Waals surface area contributed by atoms with Gasteiger partial charge in [0, 0.05) is 13.5 Å². The van der Waals surface area contributed by atoms with E-state index in [1.165, 1.54) is 10.6 Å². The van der Waals surface area contributed by atoms with Crippen LogP contribution in [0.4, 0.5) is 15.9 Å². The van der Waals surface area contributed by atoms with Crippen LogP contribution in [0.2, 0.25) is 0 Å². The fraction of sp³-hybridized carbons (Fsp3) is 0.368. The van der Waals surface area contributed by atoms with E-state index >= 15 is 0 Å². The van der Waals surface area contributed by atoms with Gasteiger partial charge >= 0.3 is 0 Å². The fourth-order valence-corrected chi connectivity index (χ4v) is 3.26. The molecule has 1 heterocycles. The Hall–Kier alpha value is -2.75. The van der Waals surface area contributed by atoms with Gasteiger partial charge in [0.05, 0.1) is 30.2 Å². The van der Waals surface area contributed by atoms with Crippen molar-refractivity contribution in [1.29, 1.82) is 0 Å². The Labute approximate surface area is 160 Å². The molecule has 1 aromatic carbocycles. The van der Waals surface area contributed by atoms with Crippen molar-refractivity contribution in [2.24, 2.45) is 7.05 Å². The second-order valence-corrected chi connectivity index (χ2v) is 6.68. The summed E-state index contributed by atoms with van der Waals surface area (Å²) >= 11 is 0. The molecule has 1 amide bonds. The number of ketones is 1. The van der Waals surface area contributed by atoms with E-state index in [0.717, 1.165) is 5.56 Å². The van der Waals surface area contributed by atoms with Crippen LogP contribution in [0.25, 0.3) is 0 Å². The highest BCUT2D eigenvalue weighted by Gasteiger charge is 2.34. The predicted octanol–water partition coefficient (Wildman–Crippen LogP) is 1.36. The number of benzene rings is 1. The Morgan fingerprint density at radius 1 is 1.32 bits per heavy atom. The Morgan fingerprint density at radius 3 is 2.68 bits per heavy atom. The van der Waals surface area contributed by atoms with Crippen LogP contribution < -0.4 is 10.8 Å². The van der Waals surface area contributed by atoms with Gasteiger partial charge in [0.1, 0.15) is 17.7 Å². The van der Waals surface area contributed by atoms with Gasteiger partial charge in [-0.1, -0.05) is 6.07 Å². The standard InChI is InChI=1S/C19H22FN3O5/c1-10-3-5-14(13(20)7-10)21-18-16(19(27)22-28-11(8-24)9-25)12-4-6-15(26)17(12)23(18)2/h3,5,7,11,21,24-25H,4,6,8-9H2,1-2H3,(H,22,27). The number of aliphatic hydroxyl groups excluding tert-OH is 2. The summed E-state index contributed by atoms with van der Waals surface area (Å²) in [5.74, 6) is -0.996. The Morgan fingerprint density at radius 2 is 2.04 bits per heavy atom. The van der Waals surface area contributed by atoms with Crippen molar-refractivity contribution in [3.63, 3.8) is 0 Å². The SMILES string of the molecule is Cc1ccc(Nc2c(C(=O)NOC(CO)CO)c3c(n2C)C(=O)CC3)c(F)c1. The number of carbonyl (C=O) groups is 2. The smallest absolute Gasteiger partial charge is 0.278 e. The Balaban J connectivity index is 1.98. The number of nitrogens with one attached hydrogen (secondary N) is 2. The van der Waals surface area contributed by atoms with Crippen LogP contribution in [0.5, 0.6) is 0 Å². The van der Waals surface area contributed by atoms with Gasteiger partial charge in [-0.2, -0.15) is 0 Å². The van der Waals surface area contributed by atoms with Crippen molar-refractivity contribution in [3.05, 3.63) is 46.4 Å². The normalized spacial score (nSPS) is 13.1. The Kier molecular flexibility index (Phi) is 5.78. The molecule has 1 aromatic heterocycles. The summed E-state index contributed by atoms with van der Waals surface area (Å²) in [7, 11) is 1.62. The summed E-state index contributed by atoms with van der Waals surface area (Å²) in [4.78, 5) is 30.0. The van der Waals surface area contributed by atoms with Crippen LogP contribution in [0.3, 0.4) is 0 Å². The molecule has 0 spiro atoms. The van der Waals surface area contributed by atoms with Crippen molar-refractivity contribution < 1.29 is 29.0 Å². The average Bonchev–Trinajstić information content (AvgIpc) is 3.16. The van der Waals surface area contributed by atoms with Gasteiger partial charge in [0.15, 0.2) is 5.78 Å². The lowest BCUT2D eigenvalue weighted by Gasteiger charge is -2.15. The molecular formula is C19H22FN3O5. The fourth-order valence-electron chi connectivity index (χ4n) is 3.26. The maximum atomic E-state index is 14.3. The van der Waals surface area contributed by atoms with Crippen LogP contribution in [-0.4, -0.2) is 45.8 Å². The second-order valence-electron chi connectivity index (χ2n) is 6.68. The molecule has 4 N–H and O–H groups in total. The zero-order valence-corrected chi connectivity index (χ0v) is 15.6. The first-order chi connectivity index (χ1) is 13.4. The molecule has 150 valence electrons. The maximum Gasteiger partial charge on any atom is 0.278 e. The number of aryl methyl sites for hydroxylation is 1. The number of aromatic nitrogens is 1. The summed E-state index contributed by atoms with van der Waals surface area (Å²) in [6, 6.07) is 4.64. The quantitative estimate of drug-likeness (QED) is 0.530. The number of fused-ring (bicyclic) bond motifs is 1. The number of carbonyl (C=O) groups excluding carboxylic acids is 2. The molecule has 9 heteroatoms. The number of aliphatic hydroxyl groups is 2. The highest BCUT2D eigenvalue weighted by atomic mass is 19.1. The van der Waals surface area contributed by atoms with Crippen LogP contribution in [0.1, 0.15) is 38.4 Å². The van der Waals surface area contributed by atoms with Crippen LogP contribution in [0, 0.1) is 12.7 Å². The third-order valence-electron chi connectivity index (χ3n) is 4.69. The van der Waals surface area contributed by atoms with Gasteiger partial charge in [-0.15, -0.1) is 0 Å². The molecule has 0 radical (unpaired) electrons. The van der Waals surface area contributed by atoms with Crippen molar-refractivity contribution in [2.45, 2.75) is 25.9 Å². The van der Waals surface area contributed by atoms with Crippen LogP contribution in [0.15, 0.2) is 18.2 Å². The third kappa shape index (κ3) is 3.64. The summed E-state index contributed by atoms with van der Waals surface area (Å²) < 4.78 is 15.8. The molecule has 8 nitrogen and oxygen atoms in total. The first-order valence-corrected chi connectivity index (χ1v) is 8.83. The lowest BCUT2D eigenvalue weighted by molar-refractivity contribution is -0.0618. The van der Waals surface area contributed by atoms with Gasteiger partial charge < -0.3 is 20.1 Å². The first-order valence-electron chi connectivity index (χ1n) is 8.83. The number of anilines is 2. The first kappa shape index (κ1) is 20.0. The second kappa shape index (κ2) is 8.09.